The van der Waals surface area contributed by atoms with Gasteiger partial charge in [0.2, 0.25) is 0 Å². The molecule has 0 saturated carbocycles. The zero-order valence-electron chi connectivity index (χ0n) is 7.50. The number of anilines is 1. The Balaban J connectivity index is 2.67. The molecule has 0 fully saturated rings. The van der Waals surface area contributed by atoms with Gasteiger partial charge in [-0.05, 0) is 12.1 Å². The van der Waals surface area contributed by atoms with Crippen LogP contribution in [0.4, 0.5) is 5.69 Å². The lowest BCUT2D eigenvalue weighted by molar-refractivity contribution is 0.0698. The third-order valence-corrected chi connectivity index (χ3v) is 1.89. The van der Waals surface area contributed by atoms with Crippen LogP contribution in [0, 0.1) is 0 Å². The minimum absolute atomic E-state index is 0.0535. The summed E-state index contributed by atoms with van der Waals surface area (Å²) in [5.74, 6) is -1.10. The van der Waals surface area contributed by atoms with Crippen LogP contribution in [-0.2, 0) is 15.5 Å². The second-order valence-electron chi connectivity index (χ2n) is 2.49. The van der Waals surface area contributed by atoms with Crippen molar-refractivity contribution in [3.8, 4) is 0 Å². The van der Waals surface area contributed by atoms with Gasteiger partial charge in [-0.1, -0.05) is 12.1 Å². The van der Waals surface area contributed by atoms with Gasteiger partial charge in [-0.25, -0.2) is 9.00 Å². The first-order chi connectivity index (χ1) is 7.11. The molecule has 15 heavy (non-hydrogen) atoms. The second kappa shape index (κ2) is 5.44. The largest absolute Gasteiger partial charge is 0.750 e. The Morgan fingerprint density at radius 3 is 2.80 bits per heavy atom. The van der Waals surface area contributed by atoms with Gasteiger partial charge in [0.25, 0.3) is 0 Å². The average Bonchev–Trinajstić information content (AvgIpc) is 2.17. The number of carboxylic acid groups (broad SMARTS) is 1. The molecule has 0 spiro atoms. The standard InChI is InChI=1S/C8H9NO5S/c10-8(11)6-3-1-2-4-7(6)9-5-14-15(12)13/h1-4,9H,5H2,(H,10,11)(H,12,13)/p-1. The van der Waals surface area contributed by atoms with Crippen LogP contribution in [0.5, 0.6) is 0 Å². The first-order valence-electron chi connectivity index (χ1n) is 3.90. The van der Waals surface area contributed by atoms with Crippen LogP contribution in [0.1, 0.15) is 10.4 Å². The Morgan fingerprint density at radius 2 is 2.20 bits per heavy atom. The number of carboxylic acids is 1. The highest BCUT2D eigenvalue weighted by Gasteiger charge is 2.07. The molecule has 0 aliphatic rings. The third-order valence-electron chi connectivity index (χ3n) is 1.58. The minimum atomic E-state index is -2.62. The van der Waals surface area contributed by atoms with Gasteiger partial charge in [-0.2, -0.15) is 0 Å². The molecule has 1 aromatic rings. The Bertz CT molecular complexity index is 381. The van der Waals surface area contributed by atoms with Crippen LogP contribution in [-0.4, -0.2) is 26.6 Å². The Hall–Kier alpha value is -1.44. The number of aromatic carboxylic acids is 1. The second-order valence-corrected chi connectivity index (χ2v) is 3.14. The van der Waals surface area contributed by atoms with E-state index in [2.05, 4.69) is 9.50 Å². The molecule has 7 heteroatoms. The van der Waals surface area contributed by atoms with E-state index >= 15 is 0 Å². The van der Waals surface area contributed by atoms with Crippen molar-refractivity contribution in [3.63, 3.8) is 0 Å². The first-order valence-corrected chi connectivity index (χ1v) is 4.90. The number of benzene rings is 1. The number of para-hydroxylation sites is 1. The Labute approximate surface area is 88.4 Å². The molecular weight excluding hydrogens is 222 g/mol. The van der Waals surface area contributed by atoms with Crippen molar-refractivity contribution in [2.45, 2.75) is 0 Å². The molecule has 2 N–H and O–H groups in total. The maximum atomic E-state index is 10.7. The number of hydrogen-bond donors (Lipinski definition) is 2. The maximum absolute atomic E-state index is 10.7. The molecular formula is C8H8NO5S-. The van der Waals surface area contributed by atoms with Gasteiger partial charge >= 0.3 is 5.97 Å². The van der Waals surface area contributed by atoms with Gasteiger partial charge in [0, 0.05) is 0 Å². The molecule has 0 radical (unpaired) electrons. The van der Waals surface area contributed by atoms with Crippen molar-refractivity contribution in [1.29, 1.82) is 0 Å². The van der Waals surface area contributed by atoms with Gasteiger partial charge in [0.1, 0.15) is 6.73 Å². The fraction of sp³-hybridized carbons (Fsp3) is 0.125. The monoisotopic (exact) mass is 230 g/mol. The summed E-state index contributed by atoms with van der Waals surface area (Å²) in [6, 6.07) is 6.11. The van der Waals surface area contributed by atoms with E-state index in [4.69, 9.17) is 5.11 Å². The minimum Gasteiger partial charge on any atom is -0.750 e. The molecule has 6 nitrogen and oxygen atoms in total. The van der Waals surface area contributed by atoms with Crippen LogP contribution in [0.15, 0.2) is 24.3 Å². The summed E-state index contributed by atoms with van der Waals surface area (Å²) in [5.41, 5.74) is 0.355. The summed E-state index contributed by atoms with van der Waals surface area (Å²) < 4.78 is 24.3. The van der Waals surface area contributed by atoms with Crippen LogP contribution >= 0.6 is 0 Å². The van der Waals surface area contributed by atoms with Gasteiger partial charge < -0.3 is 15.0 Å². The van der Waals surface area contributed by atoms with Crippen molar-refractivity contribution in [2.24, 2.45) is 0 Å². The molecule has 0 saturated heterocycles. The van der Waals surface area contributed by atoms with Crippen LogP contribution in [0.2, 0.25) is 0 Å². The van der Waals surface area contributed by atoms with E-state index < -0.39 is 17.3 Å². The van der Waals surface area contributed by atoms with Crippen molar-refractivity contribution in [2.75, 3.05) is 12.0 Å². The van der Waals surface area contributed by atoms with Crippen LogP contribution in [0.25, 0.3) is 0 Å². The molecule has 1 rings (SSSR count). The molecule has 0 bridgehead atoms. The Morgan fingerprint density at radius 1 is 1.53 bits per heavy atom. The number of carbonyl (C=O) groups is 1. The fourth-order valence-electron chi connectivity index (χ4n) is 0.979. The zero-order chi connectivity index (χ0) is 11.3. The first kappa shape index (κ1) is 11.6. The maximum Gasteiger partial charge on any atom is 0.337 e. The van der Waals surface area contributed by atoms with Crippen LogP contribution in [0.3, 0.4) is 0 Å². The fourth-order valence-corrected chi connectivity index (χ4v) is 1.13. The molecule has 0 aliphatic carbocycles. The smallest absolute Gasteiger partial charge is 0.337 e. The van der Waals surface area contributed by atoms with E-state index in [1.165, 1.54) is 12.1 Å². The average molecular weight is 230 g/mol. The topological polar surface area (TPSA) is 98.7 Å². The molecule has 0 aromatic heterocycles. The predicted molar refractivity (Wildman–Crippen MR) is 51.9 cm³/mol. The van der Waals surface area contributed by atoms with Crippen molar-refractivity contribution in [3.05, 3.63) is 29.8 Å². The van der Waals surface area contributed by atoms with Gasteiger partial charge in [-0.15, -0.1) is 0 Å². The predicted octanol–water partition coefficient (Wildman–Crippen LogP) is 0.565. The van der Waals surface area contributed by atoms with E-state index in [9.17, 15) is 13.6 Å². The van der Waals surface area contributed by atoms with E-state index in [1.807, 2.05) is 0 Å². The van der Waals surface area contributed by atoms with E-state index in [0.29, 0.717) is 5.69 Å². The summed E-state index contributed by atoms with van der Waals surface area (Å²) in [4.78, 5) is 10.7. The lowest BCUT2D eigenvalue weighted by Crippen LogP contribution is -2.11. The zero-order valence-corrected chi connectivity index (χ0v) is 8.32. The molecule has 1 atom stereocenters. The van der Waals surface area contributed by atoms with Crippen molar-refractivity contribution < 1.29 is 22.8 Å². The molecule has 0 amide bonds. The van der Waals surface area contributed by atoms with Crippen LogP contribution < -0.4 is 5.32 Å². The summed E-state index contributed by atoms with van der Waals surface area (Å²) >= 11 is -2.62. The molecule has 1 aromatic carbocycles. The number of nitrogens with one attached hydrogen (secondary N) is 1. The van der Waals surface area contributed by atoms with Gasteiger partial charge in [0.15, 0.2) is 0 Å². The van der Waals surface area contributed by atoms with E-state index in [0.717, 1.165) is 0 Å². The van der Waals surface area contributed by atoms with E-state index in [1.54, 1.807) is 12.1 Å². The van der Waals surface area contributed by atoms with Crippen molar-refractivity contribution in [1.82, 2.24) is 0 Å². The summed E-state index contributed by atoms with van der Waals surface area (Å²) in [5, 5.41) is 11.3. The molecule has 0 heterocycles. The summed E-state index contributed by atoms with van der Waals surface area (Å²) in [7, 11) is 0. The molecule has 0 aliphatic heterocycles. The molecule has 1 unspecified atom stereocenters. The van der Waals surface area contributed by atoms with Gasteiger partial charge in [0.05, 0.1) is 22.6 Å². The lowest BCUT2D eigenvalue weighted by Gasteiger charge is -2.10. The quantitative estimate of drug-likeness (QED) is 0.566. The number of hydrogen-bond acceptors (Lipinski definition) is 5. The summed E-state index contributed by atoms with van der Waals surface area (Å²) in [6.45, 7) is -0.305. The SMILES string of the molecule is O=C(O)c1ccccc1NCOS(=O)[O-]. The van der Waals surface area contributed by atoms with Gasteiger partial charge in [-0.3, -0.25) is 4.18 Å². The highest BCUT2D eigenvalue weighted by molar-refractivity contribution is 7.74. The lowest BCUT2D eigenvalue weighted by atomic mass is 10.2. The Kier molecular flexibility index (Phi) is 4.22. The van der Waals surface area contributed by atoms with Crippen molar-refractivity contribution >= 4 is 23.0 Å². The highest BCUT2D eigenvalue weighted by Crippen LogP contribution is 2.14. The number of rotatable bonds is 5. The highest BCUT2D eigenvalue weighted by atomic mass is 32.2. The molecule has 82 valence electrons. The third kappa shape index (κ3) is 3.66. The normalized spacial score (nSPS) is 12.1. The summed E-state index contributed by atoms with van der Waals surface area (Å²) in [6.07, 6.45) is 0. The van der Waals surface area contributed by atoms with E-state index in [-0.39, 0.29) is 12.3 Å².